The number of nitrogens with one attached hydrogen (secondary N) is 2. The first-order chi connectivity index (χ1) is 12.0. The minimum atomic E-state index is -0.934. The van der Waals surface area contributed by atoms with E-state index < -0.39 is 11.6 Å². The molecule has 2 aromatic carbocycles. The van der Waals surface area contributed by atoms with Gasteiger partial charge in [0.2, 0.25) is 5.91 Å². The molecule has 0 saturated carbocycles. The summed E-state index contributed by atoms with van der Waals surface area (Å²) < 4.78 is 26.1. The van der Waals surface area contributed by atoms with Crippen LogP contribution >= 0.6 is 12.2 Å². The molecule has 130 valence electrons. The third-order valence-corrected chi connectivity index (χ3v) is 4.17. The van der Waals surface area contributed by atoms with Crippen molar-refractivity contribution in [1.82, 2.24) is 5.32 Å². The second kappa shape index (κ2) is 7.57. The van der Waals surface area contributed by atoms with Crippen LogP contribution in [-0.2, 0) is 11.3 Å². The largest absolute Gasteiger partial charge is 0.358 e. The smallest absolute Gasteiger partial charge is 0.227 e. The van der Waals surface area contributed by atoms with Crippen LogP contribution in [0.4, 0.5) is 20.2 Å². The molecule has 2 aromatic rings. The molecular formula is C18H17F2N3OS. The van der Waals surface area contributed by atoms with Gasteiger partial charge in [-0.25, -0.2) is 8.78 Å². The van der Waals surface area contributed by atoms with Crippen molar-refractivity contribution < 1.29 is 13.6 Å². The van der Waals surface area contributed by atoms with Crippen molar-refractivity contribution in [2.75, 3.05) is 16.8 Å². The quantitative estimate of drug-likeness (QED) is 0.817. The third kappa shape index (κ3) is 4.30. The van der Waals surface area contributed by atoms with Crippen molar-refractivity contribution >= 4 is 34.6 Å². The minimum absolute atomic E-state index is 0.139. The van der Waals surface area contributed by atoms with E-state index >= 15 is 0 Å². The van der Waals surface area contributed by atoms with Crippen LogP contribution < -0.4 is 15.5 Å². The molecule has 0 aromatic heterocycles. The molecule has 7 heteroatoms. The molecule has 1 aliphatic heterocycles. The lowest BCUT2D eigenvalue weighted by molar-refractivity contribution is -0.117. The second-order valence-corrected chi connectivity index (χ2v) is 6.16. The molecule has 0 aliphatic carbocycles. The van der Waals surface area contributed by atoms with Gasteiger partial charge in [-0.1, -0.05) is 12.1 Å². The molecule has 3 rings (SSSR count). The predicted molar refractivity (Wildman–Crippen MR) is 97.4 cm³/mol. The van der Waals surface area contributed by atoms with Gasteiger partial charge in [0.15, 0.2) is 16.7 Å². The highest BCUT2D eigenvalue weighted by Gasteiger charge is 2.21. The van der Waals surface area contributed by atoms with Gasteiger partial charge in [0.25, 0.3) is 0 Å². The lowest BCUT2D eigenvalue weighted by Gasteiger charge is -2.17. The summed E-state index contributed by atoms with van der Waals surface area (Å²) in [7, 11) is 0. The Hall–Kier alpha value is -2.54. The summed E-state index contributed by atoms with van der Waals surface area (Å²) in [6, 6.07) is 11.2. The van der Waals surface area contributed by atoms with Gasteiger partial charge >= 0.3 is 0 Å². The van der Waals surface area contributed by atoms with Gasteiger partial charge in [0.1, 0.15) is 0 Å². The standard InChI is InChI=1S/C18H17F2N3OS/c19-15-7-6-13(10-16(15)20)22-18(25)21-11-12-3-1-4-14(9-12)23-8-2-5-17(23)24/h1,3-4,6-7,9-10H,2,5,8,11H2,(H2,21,22,25). The maximum Gasteiger partial charge on any atom is 0.227 e. The molecule has 1 heterocycles. The van der Waals surface area contributed by atoms with E-state index in [0.29, 0.717) is 23.8 Å². The van der Waals surface area contributed by atoms with E-state index in [2.05, 4.69) is 10.6 Å². The van der Waals surface area contributed by atoms with Crippen LogP contribution in [0, 0.1) is 11.6 Å². The van der Waals surface area contributed by atoms with E-state index in [4.69, 9.17) is 12.2 Å². The number of anilines is 2. The summed E-state index contributed by atoms with van der Waals surface area (Å²) in [6.45, 7) is 1.19. The Bertz CT molecular complexity index is 813. The molecule has 0 atom stereocenters. The summed E-state index contributed by atoms with van der Waals surface area (Å²) in [5.41, 5.74) is 2.21. The van der Waals surface area contributed by atoms with Crippen LogP contribution in [0.5, 0.6) is 0 Å². The fourth-order valence-corrected chi connectivity index (χ4v) is 2.88. The molecule has 0 unspecified atom stereocenters. The molecule has 1 amide bonds. The molecule has 0 bridgehead atoms. The Morgan fingerprint density at radius 1 is 1.16 bits per heavy atom. The van der Waals surface area contributed by atoms with E-state index in [1.807, 2.05) is 24.3 Å². The normalized spacial score (nSPS) is 13.8. The number of carbonyl (C=O) groups excluding carboxylic acids is 1. The Labute approximate surface area is 149 Å². The lowest BCUT2D eigenvalue weighted by atomic mass is 10.2. The number of benzene rings is 2. The number of carbonyl (C=O) groups is 1. The fourth-order valence-electron chi connectivity index (χ4n) is 2.69. The van der Waals surface area contributed by atoms with Gasteiger partial charge < -0.3 is 15.5 Å². The van der Waals surface area contributed by atoms with Gasteiger partial charge in [-0.15, -0.1) is 0 Å². The molecular weight excluding hydrogens is 344 g/mol. The molecule has 4 nitrogen and oxygen atoms in total. The Morgan fingerprint density at radius 3 is 2.72 bits per heavy atom. The highest BCUT2D eigenvalue weighted by Crippen LogP contribution is 2.22. The molecule has 1 saturated heterocycles. The van der Waals surface area contributed by atoms with Crippen molar-refractivity contribution in [1.29, 1.82) is 0 Å². The highest BCUT2D eigenvalue weighted by molar-refractivity contribution is 7.80. The van der Waals surface area contributed by atoms with E-state index in [-0.39, 0.29) is 5.91 Å². The van der Waals surface area contributed by atoms with E-state index in [1.165, 1.54) is 6.07 Å². The van der Waals surface area contributed by atoms with Crippen molar-refractivity contribution in [2.45, 2.75) is 19.4 Å². The summed E-state index contributed by atoms with van der Waals surface area (Å²) in [4.78, 5) is 13.6. The van der Waals surface area contributed by atoms with Crippen LogP contribution in [0.2, 0.25) is 0 Å². The van der Waals surface area contributed by atoms with Gasteiger partial charge in [-0.2, -0.15) is 0 Å². The number of thiocarbonyl (C=S) groups is 1. The monoisotopic (exact) mass is 361 g/mol. The van der Waals surface area contributed by atoms with Gasteiger partial charge in [-0.3, -0.25) is 4.79 Å². The summed E-state index contributed by atoms with van der Waals surface area (Å²) in [6.07, 6.45) is 1.47. The SMILES string of the molecule is O=C1CCCN1c1cccc(CNC(=S)Nc2ccc(F)c(F)c2)c1. The van der Waals surface area contributed by atoms with Gasteiger partial charge in [-0.05, 0) is 48.5 Å². The van der Waals surface area contributed by atoms with Gasteiger partial charge in [0.05, 0.1) is 0 Å². The number of hydrogen-bond acceptors (Lipinski definition) is 2. The minimum Gasteiger partial charge on any atom is -0.358 e. The third-order valence-electron chi connectivity index (χ3n) is 3.93. The Kier molecular flexibility index (Phi) is 5.23. The molecule has 1 fully saturated rings. The number of rotatable bonds is 4. The zero-order valence-corrected chi connectivity index (χ0v) is 14.2. The first-order valence-corrected chi connectivity index (χ1v) is 8.33. The molecule has 0 radical (unpaired) electrons. The molecule has 25 heavy (non-hydrogen) atoms. The number of hydrogen-bond donors (Lipinski definition) is 2. The molecule has 0 spiro atoms. The van der Waals surface area contributed by atoms with Crippen molar-refractivity contribution in [3.8, 4) is 0 Å². The number of halogens is 2. The van der Waals surface area contributed by atoms with Crippen molar-refractivity contribution in [2.24, 2.45) is 0 Å². The average Bonchev–Trinajstić information content (AvgIpc) is 3.03. The van der Waals surface area contributed by atoms with Crippen LogP contribution in [0.3, 0.4) is 0 Å². The lowest BCUT2D eigenvalue weighted by Crippen LogP contribution is -2.28. The fraction of sp³-hybridized carbons (Fsp3) is 0.222. The zero-order chi connectivity index (χ0) is 17.8. The maximum absolute atomic E-state index is 13.2. The van der Waals surface area contributed by atoms with Crippen LogP contribution in [0.15, 0.2) is 42.5 Å². The average molecular weight is 361 g/mol. The van der Waals surface area contributed by atoms with E-state index in [9.17, 15) is 13.6 Å². The van der Waals surface area contributed by atoms with Crippen LogP contribution in [0.1, 0.15) is 18.4 Å². The number of nitrogens with zero attached hydrogens (tertiary/aromatic N) is 1. The predicted octanol–water partition coefficient (Wildman–Crippen LogP) is 3.58. The summed E-state index contributed by atoms with van der Waals surface area (Å²) >= 11 is 5.17. The summed E-state index contributed by atoms with van der Waals surface area (Å²) in [5, 5.41) is 6.12. The second-order valence-electron chi connectivity index (χ2n) is 5.76. The highest BCUT2D eigenvalue weighted by atomic mass is 32.1. The summed E-state index contributed by atoms with van der Waals surface area (Å²) in [5.74, 6) is -1.70. The maximum atomic E-state index is 13.2. The molecule has 2 N–H and O–H groups in total. The Balaban J connectivity index is 1.58. The van der Waals surface area contributed by atoms with Crippen molar-refractivity contribution in [3.63, 3.8) is 0 Å². The first-order valence-electron chi connectivity index (χ1n) is 7.92. The van der Waals surface area contributed by atoms with Crippen LogP contribution in [0.25, 0.3) is 0 Å². The number of amides is 1. The van der Waals surface area contributed by atoms with Gasteiger partial charge in [0, 0.05) is 37.0 Å². The van der Waals surface area contributed by atoms with E-state index in [1.54, 1.807) is 4.90 Å². The zero-order valence-electron chi connectivity index (χ0n) is 13.4. The molecule has 1 aliphatic rings. The first kappa shape index (κ1) is 17.3. The van der Waals surface area contributed by atoms with Crippen LogP contribution in [-0.4, -0.2) is 17.6 Å². The topological polar surface area (TPSA) is 44.4 Å². The van der Waals surface area contributed by atoms with Crippen molar-refractivity contribution in [3.05, 3.63) is 59.7 Å². The van der Waals surface area contributed by atoms with E-state index in [0.717, 1.165) is 36.3 Å². The Morgan fingerprint density at radius 2 is 2.00 bits per heavy atom.